The average molecular weight is 326 g/mol. The maximum absolute atomic E-state index is 11.9. The smallest absolute Gasteiger partial charge is 0.279 e. The molecule has 20 heavy (non-hydrogen) atoms. The Bertz CT molecular complexity index is 351. The van der Waals surface area contributed by atoms with Crippen LogP contribution in [0.4, 0.5) is 0 Å². The van der Waals surface area contributed by atoms with Crippen LogP contribution < -0.4 is 10.0 Å². The zero-order chi connectivity index (χ0) is 13.6. The van der Waals surface area contributed by atoms with Crippen molar-refractivity contribution in [1.82, 2.24) is 14.3 Å². The summed E-state index contributed by atoms with van der Waals surface area (Å²) < 4.78 is 28.1. The van der Waals surface area contributed by atoms with Crippen LogP contribution in [-0.4, -0.2) is 44.9 Å². The Kier molecular flexibility index (Phi) is 8.36. The van der Waals surface area contributed by atoms with Crippen molar-refractivity contribution in [3.63, 3.8) is 0 Å². The van der Waals surface area contributed by atoms with Crippen LogP contribution in [0.1, 0.15) is 51.4 Å². The van der Waals surface area contributed by atoms with Crippen molar-refractivity contribution >= 4 is 22.6 Å². The molecule has 0 aromatic carbocycles. The van der Waals surface area contributed by atoms with Gasteiger partial charge in [-0.25, -0.2) is 4.72 Å². The number of hydrogen-bond donors (Lipinski definition) is 2. The standard InChI is InChI=1S/C13H27N3O2S.ClH/c17-19(18,16-11-5-6-12-16)15-10-9-14-13-7-3-1-2-4-8-13;/h13-15H,1-12H2;1H. The Balaban J connectivity index is 0.00000200. The van der Waals surface area contributed by atoms with Gasteiger partial charge in [0, 0.05) is 32.2 Å². The zero-order valence-electron chi connectivity index (χ0n) is 12.1. The molecular formula is C13H28ClN3O2S. The van der Waals surface area contributed by atoms with Crippen LogP contribution in [0.25, 0.3) is 0 Å². The fraction of sp³-hybridized carbons (Fsp3) is 1.00. The van der Waals surface area contributed by atoms with E-state index in [0.29, 0.717) is 25.7 Å². The molecule has 1 aliphatic carbocycles. The summed E-state index contributed by atoms with van der Waals surface area (Å²) in [6.07, 6.45) is 9.74. The van der Waals surface area contributed by atoms with Gasteiger partial charge in [0.1, 0.15) is 0 Å². The van der Waals surface area contributed by atoms with E-state index in [1.807, 2.05) is 0 Å². The third-order valence-corrected chi connectivity index (χ3v) is 5.72. The molecule has 2 N–H and O–H groups in total. The minimum atomic E-state index is -3.23. The second kappa shape index (κ2) is 9.20. The minimum absolute atomic E-state index is 0. The Morgan fingerprint density at radius 3 is 2.10 bits per heavy atom. The minimum Gasteiger partial charge on any atom is -0.313 e. The molecule has 2 rings (SSSR count). The summed E-state index contributed by atoms with van der Waals surface area (Å²) in [5.41, 5.74) is 0. The largest absolute Gasteiger partial charge is 0.313 e. The van der Waals surface area contributed by atoms with E-state index in [1.54, 1.807) is 4.31 Å². The highest BCUT2D eigenvalue weighted by Gasteiger charge is 2.24. The van der Waals surface area contributed by atoms with Gasteiger partial charge in [-0.1, -0.05) is 25.7 Å². The molecule has 1 aliphatic heterocycles. The topological polar surface area (TPSA) is 61.4 Å². The van der Waals surface area contributed by atoms with Crippen molar-refractivity contribution in [1.29, 1.82) is 0 Å². The molecule has 1 heterocycles. The van der Waals surface area contributed by atoms with Crippen molar-refractivity contribution in [2.45, 2.75) is 57.4 Å². The lowest BCUT2D eigenvalue weighted by Gasteiger charge is -2.18. The number of hydrogen-bond acceptors (Lipinski definition) is 3. The lowest BCUT2D eigenvalue weighted by molar-refractivity contribution is 0.446. The summed E-state index contributed by atoms with van der Waals surface area (Å²) >= 11 is 0. The first-order valence-electron chi connectivity index (χ1n) is 7.66. The predicted molar refractivity (Wildman–Crippen MR) is 84.5 cm³/mol. The summed E-state index contributed by atoms with van der Waals surface area (Å²) in [5.74, 6) is 0. The maximum Gasteiger partial charge on any atom is 0.279 e. The predicted octanol–water partition coefficient (Wildman–Crippen LogP) is 1.65. The van der Waals surface area contributed by atoms with E-state index < -0.39 is 10.2 Å². The molecule has 5 nitrogen and oxygen atoms in total. The Morgan fingerprint density at radius 2 is 1.50 bits per heavy atom. The summed E-state index contributed by atoms with van der Waals surface area (Å²) in [5, 5.41) is 3.48. The molecule has 1 saturated carbocycles. The van der Waals surface area contributed by atoms with E-state index in [4.69, 9.17) is 0 Å². The molecule has 2 fully saturated rings. The molecular weight excluding hydrogens is 298 g/mol. The van der Waals surface area contributed by atoms with Gasteiger partial charge in [0.15, 0.2) is 0 Å². The van der Waals surface area contributed by atoms with Crippen molar-refractivity contribution in [3.8, 4) is 0 Å². The Morgan fingerprint density at radius 1 is 0.900 bits per heavy atom. The molecule has 0 amide bonds. The first-order valence-corrected chi connectivity index (χ1v) is 9.10. The molecule has 2 aliphatic rings. The zero-order valence-corrected chi connectivity index (χ0v) is 13.8. The molecule has 0 atom stereocenters. The quantitative estimate of drug-likeness (QED) is 0.576. The summed E-state index contributed by atoms with van der Waals surface area (Å²) in [6, 6.07) is 0.582. The Labute approximate surface area is 129 Å². The van der Waals surface area contributed by atoms with E-state index in [2.05, 4.69) is 10.0 Å². The average Bonchev–Trinajstić information content (AvgIpc) is 2.81. The van der Waals surface area contributed by atoms with Gasteiger partial charge in [0.2, 0.25) is 0 Å². The Hall–Kier alpha value is 0.120. The van der Waals surface area contributed by atoms with Gasteiger partial charge in [0.25, 0.3) is 10.2 Å². The van der Waals surface area contributed by atoms with Crippen LogP contribution in [0.15, 0.2) is 0 Å². The SMILES string of the molecule is Cl.O=S(=O)(NCCNC1CCCCCC1)N1CCCC1. The van der Waals surface area contributed by atoms with E-state index >= 15 is 0 Å². The van der Waals surface area contributed by atoms with Gasteiger partial charge < -0.3 is 5.32 Å². The van der Waals surface area contributed by atoms with Crippen molar-refractivity contribution in [2.24, 2.45) is 0 Å². The summed E-state index contributed by atoms with van der Waals surface area (Å²) in [4.78, 5) is 0. The van der Waals surface area contributed by atoms with Gasteiger partial charge >= 0.3 is 0 Å². The number of halogens is 1. The van der Waals surface area contributed by atoms with E-state index in [9.17, 15) is 8.42 Å². The molecule has 1 saturated heterocycles. The fourth-order valence-corrected chi connectivity index (χ4v) is 4.24. The molecule has 0 aromatic rings. The second-order valence-electron chi connectivity index (χ2n) is 5.65. The molecule has 0 unspecified atom stereocenters. The van der Waals surface area contributed by atoms with Crippen LogP contribution in [0, 0.1) is 0 Å². The molecule has 7 heteroatoms. The van der Waals surface area contributed by atoms with E-state index in [1.165, 1.54) is 38.5 Å². The van der Waals surface area contributed by atoms with Gasteiger partial charge in [-0.15, -0.1) is 12.4 Å². The lowest BCUT2D eigenvalue weighted by Crippen LogP contribution is -2.43. The van der Waals surface area contributed by atoms with Crippen LogP contribution in [0.2, 0.25) is 0 Å². The third-order valence-electron chi connectivity index (χ3n) is 4.10. The third kappa shape index (κ3) is 5.85. The number of rotatable bonds is 6. The van der Waals surface area contributed by atoms with Crippen LogP contribution >= 0.6 is 12.4 Å². The van der Waals surface area contributed by atoms with Crippen molar-refractivity contribution < 1.29 is 8.42 Å². The first-order chi connectivity index (χ1) is 9.18. The van der Waals surface area contributed by atoms with Gasteiger partial charge in [0.05, 0.1) is 0 Å². The number of nitrogens with zero attached hydrogens (tertiary/aromatic N) is 1. The molecule has 0 aromatic heterocycles. The highest BCUT2D eigenvalue weighted by molar-refractivity contribution is 7.87. The van der Waals surface area contributed by atoms with Crippen molar-refractivity contribution in [2.75, 3.05) is 26.2 Å². The van der Waals surface area contributed by atoms with Crippen LogP contribution in [-0.2, 0) is 10.2 Å². The van der Waals surface area contributed by atoms with Gasteiger partial charge in [-0.05, 0) is 25.7 Å². The van der Waals surface area contributed by atoms with E-state index in [-0.39, 0.29) is 12.4 Å². The maximum atomic E-state index is 11.9. The lowest BCUT2D eigenvalue weighted by atomic mass is 10.1. The number of nitrogens with one attached hydrogen (secondary N) is 2. The van der Waals surface area contributed by atoms with Crippen LogP contribution in [0.3, 0.4) is 0 Å². The van der Waals surface area contributed by atoms with Crippen molar-refractivity contribution in [3.05, 3.63) is 0 Å². The summed E-state index contributed by atoms with van der Waals surface area (Å²) in [6.45, 7) is 2.57. The summed E-state index contributed by atoms with van der Waals surface area (Å²) in [7, 11) is -3.23. The monoisotopic (exact) mass is 325 g/mol. The highest BCUT2D eigenvalue weighted by atomic mass is 35.5. The fourth-order valence-electron chi connectivity index (χ4n) is 2.96. The molecule has 120 valence electrons. The molecule has 0 bridgehead atoms. The van der Waals surface area contributed by atoms with Gasteiger partial charge in [-0.2, -0.15) is 12.7 Å². The highest BCUT2D eigenvalue weighted by Crippen LogP contribution is 2.16. The van der Waals surface area contributed by atoms with E-state index in [0.717, 1.165) is 19.4 Å². The second-order valence-corrected chi connectivity index (χ2v) is 7.40. The van der Waals surface area contributed by atoms with Crippen LogP contribution in [0.5, 0.6) is 0 Å². The normalized spacial score (nSPS) is 22.4. The van der Waals surface area contributed by atoms with Gasteiger partial charge in [-0.3, -0.25) is 0 Å². The molecule has 0 spiro atoms. The first kappa shape index (κ1) is 18.2. The molecule has 0 radical (unpaired) electrons.